The topological polar surface area (TPSA) is 41.6 Å². The summed E-state index contributed by atoms with van der Waals surface area (Å²) in [4.78, 5) is 14.7. The quantitative estimate of drug-likeness (QED) is 0.926. The van der Waals surface area contributed by atoms with E-state index in [2.05, 4.69) is 5.32 Å². The van der Waals surface area contributed by atoms with Crippen LogP contribution in [0.15, 0.2) is 24.3 Å². The van der Waals surface area contributed by atoms with Gasteiger partial charge in [0, 0.05) is 24.7 Å². The number of carbonyl (C=O) groups excluding carboxylic acids is 1. The molecule has 0 aliphatic carbocycles. The molecule has 2 bridgehead atoms. The Morgan fingerprint density at radius 1 is 1.38 bits per heavy atom. The number of amides is 1. The van der Waals surface area contributed by atoms with E-state index in [9.17, 15) is 9.18 Å². The molecule has 1 N–H and O–H groups in total. The van der Waals surface area contributed by atoms with Gasteiger partial charge in [-0.2, -0.15) is 0 Å². The van der Waals surface area contributed by atoms with E-state index in [1.165, 1.54) is 12.1 Å². The lowest BCUT2D eigenvalue weighted by molar-refractivity contribution is -0.140. The molecule has 1 amide bonds. The van der Waals surface area contributed by atoms with Gasteiger partial charge in [0.15, 0.2) is 6.10 Å². The minimum atomic E-state index is -0.590. The van der Waals surface area contributed by atoms with Gasteiger partial charge in [0.1, 0.15) is 11.6 Å². The first-order chi connectivity index (χ1) is 10.1. The van der Waals surface area contributed by atoms with Crippen molar-refractivity contribution in [2.45, 2.75) is 44.4 Å². The molecule has 5 heteroatoms. The summed E-state index contributed by atoms with van der Waals surface area (Å²) in [6.07, 6.45) is 2.53. The second-order valence-corrected chi connectivity index (χ2v) is 5.84. The highest BCUT2D eigenvalue weighted by Crippen LogP contribution is 2.29. The highest BCUT2D eigenvalue weighted by Gasteiger charge is 2.40. The van der Waals surface area contributed by atoms with Crippen molar-refractivity contribution in [3.8, 4) is 5.75 Å². The zero-order valence-electron chi connectivity index (χ0n) is 12.2. The summed E-state index contributed by atoms with van der Waals surface area (Å²) in [5.74, 6) is 0.0535. The van der Waals surface area contributed by atoms with Crippen molar-refractivity contribution in [2.75, 3.05) is 13.1 Å². The SMILES string of the molecule is CC(Oc1cccc(F)c1)C(=O)N1C2CCNCC1CC2. The maximum absolute atomic E-state index is 13.2. The van der Waals surface area contributed by atoms with Crippen molar-refractivity contribution in [2.24, 2.45) is 0 Å². The summed E-state index contributed by atoms with van der Waals surface area (Å²) in [6.45, 7) is 3.56. The second-order valence-electron chi connectivity index (χ2n) is 5.84. The Balaban J connectivity index is 1.69. The van der Waals surface area contributed by atoms with E-state index in [1.807, 2.05) is 4.90 Å². The third-order valence-corrected chi connectivity index (χ3v) is 4.37. The van der Waals surface area contributed by atoms with Crippen LogP contribution in [0.25, 0.3) is 0 Å². The molecule has 3 unspecified atom stereocenters. The molecule has 3 atom stereocenters. The Labute approximate surface area is 124 Å². The summed E-state index contributed by atoms with van der Waals surface area (Å²) < 4.78 is 18.8. The van der Waals surface area contributed by atoms with Crippen LogP contribution in [0, 0.1) is 5.82 Å². The molecule has 2 fully saturated rings. The molecule has 21 heavy (non-hydrogen) atoms. The van der Waals surface area contributed by atoms with Gasteiger partial charge in [-0.15, -0.1) is 0 Å². The van der Waals surface area contributed by atoms with Gasteiger partial charge in [-0.1, -0.05) is 6.07 Å². The van der Waals surface area contributed by atoms with E-state index in [0.717, 1.165) is 32.4 Å². The summed E-state index contributed by atoms with van der Waals surface area (Å²) >= 11 is 0. The number of carbonyl (C=O) groups is 1. The maximum Gasteiger partial charge on any atom is 0.263 e. The number of hydrogen-bond acceptors (Lipinski definition) is 3. The second kappa shape index (κ2) is 6.02. The maximum atomic E-state index is 13.2. The van der Waals surface area contributed by atoms with Crippen molar-refractivity contribution in [3.63, 3.8) is 0 Å². The number of hydrogen-bond donors (Lipinski definition) is 1. The van der Waals surface area contributed by atoms with E-state index in [0.29, 0.717) is 11.8 Å². The average Bonchev–Trinajstić information content (AvgIpc) is 2.71. The first-order valence-electron chi connectivity index (χ1n) is 7.60. The number of fused-ring (bicyclic) bond motifs is 2. The molecular weight excluding hydrogens is 271 g/mol. The van der Waals surface area contributed by atoms with Crippen LogP contribution in [0.3, 0.4) is 0 Å². The molecule has 0 saturated carbocycles. The minimum absolute atomic E-state index is 0.00969. The summed E-state index contributed by atoms with van der Waals surface area (Å²) in [6, 6.07) is 6.51. The highest BCUT2D eigenvalue weighted by molar-refractivity contribution is 5.82. The third-order valence-electron chi connectivity index (χ3n) is 4.37. The standard InChI is InChI=1S/C16H21FN2O2/c1-11(21-15-4-2-3-12(17)9-15)16(20)19-13-5-6-14(19)10-18-8-7-13/h2-4,9,11,13-14,18H,5-8,10H2,1H3. The zero-order valence-corrected chi connectivity index (χ0v) is 12.2. The molecule has 0 radical (unpaired) electrons. The smallest absolute Gasteiger partial charge is 0.263 e. The molecule has 0 aromatic heterocycles. The number of benzene rings is 1. The first-order valence-corrected chi connectivity index (χ1v) is 7.60. The van der Waals surface area contributed by atoms with Gasteiger partial charge in [0.05, 0.1) is 0 Å². The molecule has 0 spiro atoms. The lowest BCUT2D eigenvalue weighted by Crippen LogP contribution is -2.48. The van der Waals surface area contributed by atoms with Crippen molar-refractivity contribution in [1.82, 2.24) is 10.2 Å². The molecular formula is C16H21FN2O2. The zero-order chi connectivity index (χ0) is 14.8. The van der Waals surface area contributed by atoms with Crippen molar-refractivity contribution in [1.29, 1.82) is 0 Å². The molecule has 2 aliphatic heterocycles. The van der Waals surface area contributed by atoms with E-state index in [-0.39, 0.29) is 17.8 Å². The van der Waals surface area contributed by atoms with Gasteiger partial charge in [0.25, 0.3) is 5.91 Å². The molecule has 2 saturated heterocycles. The van der Waals surface area contributed by atoms with Crippen molar-refractivity contribution < 1.29 is 13.9 Å². The van der Waals surface area contributed by atoms with Crippen LogP contribution in [0.5, 0.6) is 5.75 Å². The third kappa shape index (κ3) is 3.02. The summed E-state index contributed by atoms with van der Waals surface area (Å²) in [5.41, 5.74) is 0. The predicted octanol–water partition coefficient (Wildman–Crippen LogP) is 1.95. The lowest BCUT2D eigenvalue weighted by atomic mass is 10.1. The molecule has 4 nitrogen and oxygen atoms in total. The van der Waals surface area contributed by atoms with Gasteiger partial charge in [-0.05, 0) is 44.9 Å². The van der Waals surface area contributed by atoms with Gasteiger partial charge < -0.3 is 15.0 Å². The fourth-order valence-electron chi connectivity index (χ4n) is 3.35. The molecule has 114 valence electrons. The van der Waals surface area contributed by atoms with Crippen molar-refractivity contribution >= 4 is 5.91 Å². The average molecular weight is 292 g/mol. The first kappa shape index (κ1) is 14.3. The number of ether oxygens (including phenoxy) is 1. The van der Waals surface area contributed by atoms with Gasteiger partial charge >= 0.3 is 0 Å². The number of nitrogens with one attached hydrogen (secondary N) is 1. The summed E-state index contributed by atoms with van der Waals surface area (Å²) in [5, 5.41) is 3.38. The van der Waals surface area contributed by atoms with Crippen molar-refractivity contribution in [3.05, 3.63) is 30.1 Å². The van der Waals surface area contributed by atoms with E-state index in [4.69, 9.17) is 4.74 Å². The fraction of sp³-hybridized carbons (Fsp3) is 0.562. The fourth-order valence-corrected chi connectivity index (χ4v) is 3.35. The number of nitrogens with zero attached hydrogens (tertiary/aromatic N) is 1. The van der Waals surface area contributed by atoms with Crippen LogP contribution in [0.1, 0.15) is 26.2 Å². The molecule has 3 rings (SSSR count). The normalized spacial score (nSPS) is 26.3. The Hall–Kier alpha value is -1.62. The van der Waals surface area contributed by atoms with Crippen LogP contribution in [-0.4, -0.2) is 42.1 Å². The predicted molar refractivity (Wildman–Crippen MR) is 77.6 cm³/mol. The van der Waals surface area contributed by atoms with E-state index >= 15 is 0 Å². The Bertz CT molecular complexity index is 509. The van der Waals surface area contributed by atoms with Gasteiger partial charge in [0.2, 0.25) is 0 Å². The number of halogens is 1. The Morgan fingerprint density at radius 3 is 3.00 bits per heavy atom. The largest absolute Gasteiger partial charge is 0.481 e. The number of rotatable bonds is 3. The van der Waals surface area contributed by atoms with Crippen LogP contribution in [-0.2, 0) is 4.79 Å². The van der Waals surface area contributed by atoms with Gasteiger partial charge in [-0.25, -0.2) is 4.39 Å². The Kier molecular flexibility index (Phi) is 4.10. The Morgan fingerprint density at radius 2 is 2.19 bits per heavy atom. The molecule has 1 aromatic rings. The van der Waals surface area contributed by atoms with Crippen LogP contribution >= 0.6 is 0 Å². The molecule has 1 aromatic carbocycles. The summed E-state index contributed by atoms with van der Waals surface area (Å²) in [7, 11) is 0. The minimum Gasteiger partial charge on any atom is -0.481 e. The van der Waals surface area contributed by atoms with Crippen LogP contribution < -0.4 is 10.1 Å². The highest BCUT2D eigenvalue weighted by atomic mass is 19.1. The van der Waals surface area contributed by atoms with Gasteiger partial charge in [-0.3, -0.25) is 4.79 Å². The van der Waals surface area contributed by atoms with Crippen LogP contribution in [0.4, 0.5) is 4.39 Å². The van der Waals surface area contributed by atoms with E-state index < -0.39 is 6.10 Å². The monoisotopic (exact) mass is 292 g/mol. The molecule has 2 heterocycles. The lowest BCUT2D eigenvalue weighted by Gasteiger charge is -2.30. The van der Waals surface area contributed by atoms with Crippen LogP contribution in [0.2, 0.25) is 0 Å². The van der Waals surface area contributed by atoms with E-state index in [1.54, 1.807) is 19.1 Å². The molecule has 2 aliphatic rings.